The zero-order valence-corrected chi connectivity index (χ0v) is 10.5. The summed E-state index contributed by atoms with van der Waals surface area (Å²) in [6.45, 7) is 1.97. The Morgan fingerprint density at radius 2 is 2.06 bits per heavy atom. The minimum absolute atomic E-state index is 0.130. The van der Waals surface area contributed by atoms with Gasteiger partial charge in [0.2, 0.25) is 5.28 Å². The van der Waals surface area contributed by atoms with Crippen molar-refractivity contribution in [3.05, 3.63) is 40.3 Å². The third-order valence-electron chi connectivity index (χ3n) is 2.16. The molecule has 0 radical (unpaired) electrons. The molecule has 1 aromatic carbocycles. The van der Waals surface area contributed by atoms with Crippen molar-refractivity contribution in [1.29, 1.82) is 0 Å². The van der Waals surface area contributed by atoms with Gasteiger partial charge in [-0.15, -0.1) is 0 Å². The summed E-state index contributed by atoms with van der Waals surface area (Å²) in [6, 6.07) is 5.62. The van der Waals surface area contributed by atoms with Crippen molar-refractivity contribution >= 4 is 40.4 Å². The van der Waals surface area contributed by atoms with Crippen LogP contribution in [0.1, 0.15) is 5.56 Å². The zero-order valence-electron chi connectivity index (χ0n) is 9.04. The lowest BCUT2D eigenvalue weighted by atomic mass is 10.2. The summed E-state index contributed by atoms with van der Waals surface area (Å²) in [4.78, 5) is 7.78. The summed E-state index contributed by atoms with van der Waals surface area (Å²) in [6.07, 6.45) is 1.45. The van der Waals surface area contributed by atoms with Gasteiger partial charge in [-0.25, -0.2) is 4.98 Å². The summed E-state index contributed by atoms with van der Waals surface area (Å²) in [5.74, 6) is 0.442. The van der Waals surface area contributed by atoms with Crippen molar-refractivity contribution in [3.63, 3.8) is 0 Å². The van der Waals surface area contributed by atoms with Crippen LogP contribution in [0.2, 0.25) is 10.3 Å². The van der Waals surface area contributed by atoms with Crippen LogP contribution in [-0.2, 0) is 0 Å². The third kappa shape index (κ3) is 2.78. The Morgan fingerprint density at radius 3 is 2.82 bits per heavy atom. The highest BCUT2D eigenvalue weighted by molar-refractivity contribution is 6.33. The van der Waals surface area contributed by atoms with Crippen LogP contribution in [0.15, 0.2) is 24.4 Å². The molecule has 17 heavy (non-hydrogen) atoms. The number of halogens is 2. The first kappa shape index (κ1) is 12.0. The minimum atomic E-state index is 0.130. The number of aromatic nitrogens is 2. The summed E-state index contributed by atoms with van der Waals surface area (Å²) in [5.41, 5.74) is 7.95. The summed E-state index contributed by atoms with van der Waals surface area (Å²) < 4.78 is 0. The number of nitrogen functional groups attached to an aromatic ring is 1. The smallest absolute Gasteiger partial charge is 0.224 e. The predicted molar refractivity (Wildman–Crippen MR) is 70.9 cm³/mol. The molecule has 0 spiro atoms. The van der Waals surface area contributed by atoms with Crippen LogP contribution in [0, 0.1) is 6.92 Å². The van der Waals surface area contributed by atoms with E-state index in [0.29, 0.717) is 16.5 Å². The van der Waals surface area contributed by atoms with Crippen molar-refractivity contribution in [2.45, 2.75) is 6.92 Å². The van der Waals surface area contributed by atoms with E-state index in [4.69, 9.17) is 28.9 Å². The van der Waals surface area contributed by atoms with Gasteiger partial charge in [0.15, 0.2) is 5.82 Å². The minimum Gasteiger partial charge on any atom is -0.394 e. The van der Waals surface area contributed by atoms with Crippen LogP contribution >= 0.6 is 23.2 Å². The van der Waals surface area contributed by atoms with Gasteiger partial charge in [0.1, 0.15) is 0 Å². The van der Waals surface area contributed by atoms with Crippen LogP contribution < -0.4 is 11.1 Å². The van der Waals surface area contributed by atoms with Crippen LogP contribution in [0.25, 0.3) is 0 Å². The Labute approximate surface area is 109 Å². The molecule has 2 rings (SSSR count). The van der Waals surface area contributed by atoms with Gasteiger partial charge >= 0.3 is 0 Å². The van der Waals surface area contributed by atoms with Gasteiger partial charge in [0.05, 0.1) is 22.6 Å². The van der Waals surface area contributed by atoms with Gasteiger partial charge in [0.25, 0.3) is 0 Å². The van der Waals surface area contributed by atoms with Gasteiger partial charge in [-0.2, -0.15) is 4.98 Å². The summed E-state index contributed by atoms with van der Waals surface area (Å²) in [5, 5.41) is 3.75. The first-order chi connectivity index (χ1) is 8.06. The van der Waals surface area contributed by atoms with E-state index in [9.17, 15) is 0 Å². The highest BCUT2D eigenvalue weighted by Crippen LogP contribution is 2.28. The SMILES string of the molecule is Cc1ccc(Cl)c(Nc2nc(Cl)ncc2N)c1. The number of hydrogen-bond donors (Lipinski definition) is 2. The molecule has 2 aromatic rings. The molecule has 0 saturated heterocycles. The topological polar surface area (TPSA) is 63.8 Å². The lowest BCUT2D eigenvalue weighted by Crippen LogP contribution is -2.01. The second-order valence-electron chi connectivity index (χ2n) is 3.55. The molecule has 0 saturated carbocycles. The quantitative estimate of drug-likeness (QED) is 0.820. The number of nitrogens with one attached hydrogen (secondary N) is 1. The molecule has 4 nitrogen and oxygen atoms in total. The Morgan fingerprint density at radius 1 is 1.29 bits per heavy atom. The number of aryl methyl sites for hydroxylation is 1. The highest BCUT2D eigenvalue weighted by Gasteiger charge is 2.06. The molecule has 0 fully saturated rings. The summed E-state index contributed by atoms with van der Waals surface area (Å²) in [7, 11) is 0. The van der Waals surface area contributed by atoms with E-state index >= 15 is 0 Å². The monoisotopic (exact) mass is 268 g/mol. The summed E-state index contributed by atoms with van der Waals surface area (Å²) >= 11 is 11.8. The first-order valence-electron chi connectivity index (χ1n) is 4.87. The maximum atomic E-state index is 6.06. The number of hydrogen-bond acceptors (Lipinski definition) is 4. The second kappa shape index (κ2) is 4.77. The normalized spacial score (nSPS) is 10.3. The van der Waals surface area contributed by atoms with E-state index in [1.54, 1.807) is 6.07 Å². The molecule has 0 aliphatic rings. The number of nitrogens with zero attached hydrogens (tertiary/aromatic N) is 2. The molecule has 6 heteroatoms. The van der Waals surface area contributed by atoms with Crippen molar-refractivity contribution in [2.24, 2.45) is 0 Å². The maximum Gasteiger partial charge on any atom is 0.224 e. The molecular weight excluding hydrogens is 259 g/mol. The van der Waals surface area contributed by atoms with Crippen molar-refractivity contribution in [3.8, 4) is 0 Å². The number of benzene rings is 1. The zero-order chi connectivity index (χ0) is 12.4. The average molecular weight is 269 g/mol. The van der Waals surface area contributed by atoms with Gasteiger partial charge in [-0.3, -0.25) is 0 Å². The number of rotatable bonds is 2. The third-order valence-corrected chi connectivity index (χ3v) is 2.67. The molecular formula is C11H10Cl2N4. The number of anilines is 3. The Hall–Kier alpha value is -1.52. The van der Waals surface area contributed by atoms with E-state index in [-0.39, 0.29) is 5.28 Å². The average Bonchev–Trinajstić information content (AvgIpc) is 2.28. The molecule has 0 aliphatic heterocycles. The number of nitrogens with two attached hydrogens (primary N) is 1. The molecule has 0 unspecified atom stereocenters. The van der Waals surface area contributed by atoms with Crippen molar-refractivity contribution < 1.29 is 0 Å². The Bertz CT molecular complexity index is 508. The molecule has 0 atom stereocenters. The van der Waals surface area contributed by atoms with Crippen LogP contribution in [0.3, 0.4) is 0 Å². The van der Waals surface area contributed by atoms with Crippen molar-refractivity contribution in [1.82, 2.24) is 9.97 Å². The first-order valence-corrected chi connectivity index (χ1v) is 5.63. The molecule has 88 valence electrons. The van der Waals surface area contributed by atoms with E-state index in [2.05, 4.69) is 15.3 Å². The maximum absolute atomic E-state index is 6.06. The molecule has 0 amide bonds. The molecule has 1 aromatic heterocycles. The fraction of sp³-hybridized carbons (Fsp3) is 0.0909. The predicted octanol–water partition coefficient (Wildman–Crippen LogP) is 3.42. The van der Waals surface area contributed by atoms with Gasteiger partial charge in [-0.05, 0) is 36.2 Å². The highest BCUT2D eigenvalue weighted by atomic mass is 35.5. The van der Waals surface area contributed by atoms with Crippen LogP contribution in [0.4, 0.5) is 17.2 Å². The van der Waals surface area contributed by atoms with Crippen LogP contribution in [0.5, 0.6) is 0 Å². The van der Waals surface area contributed by atoms with Crippen LogP contribution in [-0.4, -0.2) is 9.97 Å². The standard InChI is InChI=1S/C11H10Cl2N4/c1-6-2-3-7(12)9(4-6)16-10-8(14)5-15-11(13)17-10/h2-5H,14H2,1H3,(H,15,16,17). The Balaban J connectivity index is 2.37. The molecule has 3 N–H and O–H groups in total. The van der Waals surface area contributed by atoms with Gasteiger partial charge < -0.3 is 11.1 Å². The molecule has 0 bridgehead atoms. The van der Waals surface area contributed by atoms with E-state index in [0.717, 1.165) is 11.3 Å². The molecule has 0 aliphatic carbocycles. The fourth-order valence-corrected chi connectivity index (χ4v) is 1.63. The largest absolute Gasteiger partial charge is 0.394 e. The van der Waals surface area contributed by atoms with Crippen molar-refractivity contribution in [2.75, 3.05) is 11.1 Å². The molecule has 1 heterocycles. The van der Waals surface area contributed by atoms with E-state index in [1.807, 2.05) is 19.1 Å². The second-order valence-corrected chi connectivity index (χ2v) is 4.30. The fourth-order valence-electron chi connectivity index (χ4n) is 1.33. The van der Waals surface area contributed by atoms with E-state index < -0.39 is 0 Å². The lowest BCUT2D eigenvalue weighted by molar-refractivity contribution is 1.17. The van der Waals surface area contributed by atoms with Gasteiger partial charge in [-0.1, -0.05) is 17.7 Å². The Kier molecular flexibility index (Phi) is 3.36. The van der Waals surface area contributed by atoms with Gasteiger partial charge in [0, 0.05) is 0 Å². The van der Waals surface area contributed by atoms with E-state index in [1.165, 1.54) is 6.20 Å². The lowest BCUT2D eigenvalue weighted by Gasteiger charge is -2.10.